The van der Waals surface area contributed by atoms with E-state index in [1.54, 1.807) is 23.2 Å². The van der Waals surface area contributed by atoms with Gasteiger partial charge in [-0.05, 0) is 48.2 Å². The summed E-state index contributed by atoms with van der Waals surface area (Å²) in [7, 11) is 0. The Hall–Kier alpha value is -3.18. The number of carbonyl (C=O) groups is 1. The highest BCUT2D eigenvalue weighted by Crippen LogP contribution is 2.30. The van der Waals surface area contributed by atoms with E-state index in [1.165, 1.54) is 5.56 Å². The van der Waals surface area contributed by atoms with Crippen molar-refractivity contribution in [3.05, 3.63) is 89.1 Å². The predicted octanol–water partition coefficient (Wildman–Crippen LogP) is 3.74. The van der Waals surface area contributed by atoms with Crippen LogP contribution in [0.2, 0.25) is 0 Å². The number of para-hydroxylation sites is 1. The minimum atomic E-state index is -0.682. The maximum absolute atomic E-state index is 13.2. The van der Waals surface area contributed by atoms with Crippen LogP contribution in [-0.2, 0) is 6.42 Å². The van der Waals surface area contributed by atoms with Gasteiger partial charge in [0.2, 0.25) is 0 Å². The molecular weight excluding hydrogens is 350 g/mol. The van der Waals surface area contributed by atoms with Crippen molar-refractivity contribution in [3.63, 3.8) is 0 Å². The average Bonchev–Trinajstić information content (AvgIpc) is 3.16. The minimum absolute atomic E-state index is 0.0778. The van der Waals surface area contributed by atoms with Crippen molar-refractivity contribution in [1.82, 2.24) is 4.98 Å². The number of fused-ring (bicyclic) bond motifs is 1. The molecule has 1 amide bonds. The fourth-order valence-corrected chi connectivity index (χ4v) is 3.68. The number of pyridine rings is 1. The maximum atomic E-state index is 13.2. The Kier molecular flexibility index (Phi) is 5.08. The average molecular weight is 373 g/mol. The Morgan fingerprint density at radius 1 is 1.14 bits per heavy atom. The Balaban J connectivity index is 1.53. The first-order valence-corrected chi connectivity index (χ1v) is 9.47. The third-order valence-electron chi connectivity index (χ3n) is 5.18. The summed E-state index contributed by atoms with van der Waals surface area (Å²) in [5, 5.41) is 13.7. The van der Waals surface area contributed by atoms with E-state index in [0.717, 1.165) is 23.2 Å². The molecule has 5 heteroatoms. The van der Waals surface area contributed by atoms with Crippen LogP contribution in [0.4, 0.5) is 11.5 Å². The van der Waals surface area contributed by atoms with Crippen molar-refractivity contribution < 1.29 is 9.90 Å². The van der Waals surface area contributed by atoms with Gasteiger partial charge in [-0.3, -0.25) is 4.79 Å². The third-order valence-corrected chi connectivity index (χ3v) is 5.18. The summed E-state index contributed by atoms with van der Waals surface area (Å²) in [5.74, 6) is 0.412. The molecule has 3 aromatic rings. The molecule has 0 bridgehead atoms. The highest BCUT2D eigenvalue weighted by Gasteiger charge is 2.27. The molecule has 1 aliphatic rings. The van der Waals surface area contributed by atoms with Gasteiger partial charge < -0.3 is 15.3 Å². The van der Waals surface area contributed by atoms with E-state index >= 15 is 0 Å². The van der Waals surface area contributed by atoms with Crippen LogP contribution in [0.25, 0.3) is 0 Å². The van der Waals surface area contributed by atoms with Gasteiger partial charge in [-0.15, -0.1) is 0 Å². The third kappa shape index (κ3) is 3.49. The van der Waals surface area contributed by atoms with Crippen LogP contribution < -0.4 is 10.2 Å². The molecule has 4 rings (SSSR count). The molecule has 28 heavy (non-hydrogen) atoms. The van der Waals surface area contributed by atoms with Gasteiger partial charge in [0, 0.05) is 25.0 Å². The van der Waals surface area contributed by atoms with Crippen LogP contribution in [0, 0.1) is 6.92 Å². The zero-order chi connectivity index (χ0) is 19.5. The second-order valence-corrected chi connectivity index (χ2v) is 6.99. The normalized spacial score (nSPS) is 13.9. The van der Waals surface area contributed by atoms with E-state index in [-0.39, 0.29) is 12.5 Å². The topological polar surface area (TPSA) is 65.5 Å². The lowest BCUT2D eigenvalue weighted by molar-refractivity contribution is 0.0989. The summed E-state index contributed by atoms with van der Waals surface area (Å²) in [6.45, 7) is 2.91. The number of hydrogen-bond acceptors (Lipinski definition) is 4. The molecule has 0 radical (unpaired) electrons. The van der Waals surface area contributed by atoms with Crippen LogP contribution in [0.1, 0.15) is 33.2 Å². The molecule has 2 aromatic carbocycles. The standard InChI is InChI=1S/C23H23N3O2/c1-16-7-2-4-9-18(16)21(27)15-25-22-19(10-6-13-24-22)23(28)26-14-12-17-8-3-5-11-20(17)26/h2-11,13,21,27H,12,14-15H2,1H3,(H,24,25). The van der Waals surface area contributed by atoms with Crippen molar-refractivity contribution in [2.24, 2.45) is 0 Å². The van der Waals surface area contributed by atoms with E-state index in [0.29, 0.717) is 17.9 Å². The Bertz CT molecular complexity index is 1000. The highest BCUT2D eigenvalue weighted by atomic mass is 16.3. The van der Waals surface area contributed by atoms with Crippen LogP contribution >= 0.6 is 0 Å². The smallest absolute Gasteiger partial charge is 0.262 e. The first kappa shape index (κ1) is 18.2. The summed E-state index contributed by atoms with van der Waals surface area (Å²) >= 11 is 0. The maximum Gasteiger partial charge on any atom is 0.262 e. The quantitative estimate of drug-likeness (QED) is 0.715. The Labute approximate surface area is 164 Å². The SMILES string of the molecule is Cc1ccccc1C(O)CNc1ncccc1C(=O)N1CCc2ccccc21. The Morgan fingerprint density at radius 3 is 2.79 bits per heavy atom. The second-order valence-electron chi connectivity index (χ2n) is 6.99. The summed E-state index contributed by atoms with van der Waals surface area (Å²) in [6.07, 6.45) is 1.83. The first-order chi connectivity index (χ1) is 13.6. The molecule has 2 heterocycles. The number of hydrogen-bond donors (Lipinski definition) is 2. The van der Waals surface area contributed by atoms with Gasteiger partial charge in [-0.25, -0.2) is 4.98 Å². The number of aryl methyl sites for hydroxylation is 1. The second kappa shape index (κ2) is 7.82. The highest BCUT2D eigenvalue weighted by molar-refractivity contribution is 6.10. The molecule has 142 valence electrons. The summed E-state index contributed by atoms with van der Waals surface area (Å²) in [4.78, 5) is 19.3. The van der Waals surface area contributed by atoms with E-state index in [1.807, 2.05) is 49.4 Å². The molecule has 2 N–H and O–H groups in total. The fraction of sp³-hybridized carbons (Fsp3) is 0.217. The molecule has 1 aliphatic heterocycles. The number of amides is 1. The number of benzene rings is 2. The summed E-state index contributed by atoms with van der Waals surface area (Å²) in [5.41, 5.74) is 4.55. The number of aliphatic hydroxyl groups excluding tert-OH is 1. The molecule has 1 aromatic heterocycles. The van der Waals surface area contributed by atoms with Crippen molar-refractivity contribution in [2.75, 3.05) is 23.3 Å². The number of carbonyl (C=O) groups excluding carboxylic acids is 1. The van der Waals surface area contributed by atoms with E-state index < -0.39 is 6.10 Å². The number of anilines is 2. The van der Waals surface area contributed by atoms with Crippen molar-refractivity contribution >= 4 is 17.4 Å². The zero-order valence-electron chi connectivity index (χ0n) is 15.8. The molecule has 0 saturated heterocycles. The molecule has 1 unspecified atom stereocenters. The van der Waals surface area contributed by atoms with Crippen molar-refractivity contribution in [2.45, 2.75) is 19.4 Å². The number of rotatable bonds is 5. The zero-order valence-corrected chi connectivity index (χ0v) is 15.8. The van der Waals surface area contributed by atoms with Crippen molar-refractivity contribution in [3.8, 4) is 0 Å². The molecular formula is C23H23N3O2. The molecule has 0 fully saturated rings. The molecule has 0 saturated carbocycles. The number of nitrogens with zero attached hydrogens (tertiary/aromatic N) is 2. The van der Waals surface area contributed by atoms with Gasteiger partial charge >= 0.3 is 0 Å². The first-order valence-electron chi connectivity index (χ1n) is 9.47. The fourth-order valence-electron chi connectivity index (χ4n) is 3.68. The van der Waals surface area contributed by atoms with E-state index in [4.69, 9.17) is 0 Å². The monoisotopic (exact) mass is 373 g/mol. The minimum Gasteiger partial charge on any atom is -0.387 e. The van der Waals surface area contributed by atoms with Crippen LogP contribution in [-0.4, -0.2) is 29.1 Å². The predicted molar refractivity (Wildman–Crippen MR) is 111 cm³/mol. The van der Waals surface area contributed by atoms with Crippen LogP contribution in [0.3, 0.4) is 0 Å². The lowest BCUT2D eigenvalue weighted by Crippen LogP contribution is -2.30. The van der Waals surface area contributed by atoms with Crippen LogP contribution in [0.5, 0.6) is 0 Å². The van der Waals surface area contributed by atoms with E-state index in [2.05, 4.69) is 16.4 Å². The van der Waals surface area contributed by atoms with Gasteiger partial charge in [0.15, 0.2) is 0 Å². The number of aliphatic hydroxyl groups is 1. The molecule has 0 aliphatic carbocycles. The number of aromatic nitrogens is 1. The molecule has 1 atom stereocenters. The van der Waals surface area contributed by atoms with Crippen LogP contribution in [0.15, 0.2) is 66.9 Å². The molecule has 0 spiro atoms. The van der Waals surface area contributed by atoms with Gasteiger partial charge in [0.25, 0.3) is 5.91 Å². The van der Waals surface area contributed by atoms with E-state index in [9.17, 15) is 9.90 Å². The Morgan fingerprint density at radius 2 is 1.93 bits per heavy atom. The molecule has 5 nitrogen and oxygen atoms in total. The lowest BCUT2D eigenvalue weighted by Gasteiger charge is -2.20. The van der Waals surface area contributed by atoms with Crippen molar-refractivity contribution in [1.29, 1.82) is 0 Å². The largest absolute Gasteiger partial charge is 0.387 e. The van der Waals surface area contributed by atoms with Gasteiger partial charge in [-0.1, -0.05) is 42.5 Å². The lowest BCUT2D eigenvalue weighted by atomic mass is 10.0. The van der Waals surface area contributed by atoms with Gasteiger partial charge in [-0.2, -0.15) is 0 Å². The van der Waals surface area contributed by atoms with Gasteiger partial charge in [0.1, 0.15) is 5.82 Å². The van der Waals surface area contributed by atoms with Gasteiger partial charge in [0.05, 0.1) is 11.7 Å². The summed E-state index contributed by atoms with van der Waals surface area (Å²) < 4.78 is 0. The number of nitrogens with one attached hydrogen (secondary N) is 1. The summed E-state index contributed by atoms with van der Waals surface area (Å²) in [6, 6.07) is 19.3.